The Morgan fingerprint density at radius 2 is 1.62 bits per heavy atom. The summed E-state index contributed by atoms with van der Waals surface area (Å²) in [4.78, 5) is -0.0666. The van der Waals surface area contributed by atoms with E-state index < -0.39 is 10.1 Å². The fraction of sp³-hybridized carbons (Fsp3) is 0.0667. The number of benzene rings is 2. The molecule has 0 bridgehead atoms. The monoisotopic (exact) mass is 302 g/mol. The topological polar surface area (TPSA) is 80.2 Å². The highest BCUT2D eigenvalue weighted by molar-refractivity contribution is 7.85. The molecule has 0 radical (unpaired) electrons. The lowest BCUT2D eigenvalue weighted by molar-refractivity contribution is 0.483. The molecule has 1 aromatic heterocycles. The summed E-state index contributed by atoms with van der Waals surface area (Å²) in [5.41, 5.74) is 1.91. The molecule has 0 atom stereocenters. The zero-order valence-electron chi connectivity index (χ0n) is 11.3. The summed E-state index contributed by atoms with van der Waals surface area (Å²) in [5, 5.41) is 8.83. The van der Waals surface area contributed by atoms with Gasteiger partial charge in [0.1, 0.15) is 0 Å². The smallest absolute Gasteiger partial charge is 0.282 e. The molecular formula is C15H14N2O3S. The van der Waals surface area contributed by atoms with E-state index in [0.29, 0.717) is 0 Å². The van der Waals surface area contributed by atoms with Crippen molar-refractivity contribution in [3.8, 4) is 0 Å². The summed E-state index contributed by atoms with van der Waals surface area (Å²) in [7, 11) is -4.02. The van der Waals surface area contributed by atoms with E-state index >= 15 is 0 Å². The molecule has 0 aliphatic heterocycles. The Balaban J connectivity index is 0.000000154. The lowest BCUT2D eigenvalue weighted by Gasteiger charge is -1.95. The van der Waals surface area contributed by atoms with Crippen molar-refractivity contribution in [1.82, 2.24) is 10.2 Å². The zero-order valence-corrected chi connectivity index (χ0v) is 12.2. The molecule has 0 aliphatic rings. The Hall–Kier alpha value is -2.31. The van der Waals surface area contributed by atoms with Gasteiger partial charge in [0.05, 0.1) is 16.6 Å². The van der Waals surface area contributed by atoms with Crippen LogP contribution in [0.2, 0.25) is 0 Å². The van der Waals surface area contributed by atoms with E-state index in [0.717, 1.165) is 16.5 Å². The first kappa shape index (κ1) is 15.1. The van der Waals surface area contributed by atoms with Crippen molar-refractivity contribution in [3.05, 3.63) is 66.4 Å². The molecule has 0 saturated carbocycles. The van der Waals surface area contributed by atoms with E-state index in [4.69, 9.17) is 4.55 Å². The Kier molecular flexibility index (Phi) is 4.62. The normalized spacial score (nSPS) is 10.8. The summed E-state index contributed by atoms with van der Waals surface area (Å²) >= 11 is 0. The fourth-order valence-electron chi connectivity index (χ4n) is 1.64. The van der Waals surface area contributed by atoms with Gasteiger partial charge in [-0.05, 0) is 31.2 Å². The van der Waals surface area contributed by atoms with Gasteiger partial charge in [-0.2, -0.15) is 18.6 Å². The van der Waals surface area contributed by atoms with Crippen molar-refractivity contribution in [1.29, 1.82) is 0 Å². The van der Waals surface area contributed by atoms with Gasteiger partial charge >= 0.3 is 0 Å². The number of nitrogens with zero attached hydrogens (tertiary/aromatic N) is 2. The second-order valence-electron chi connectivity index (χ2n) is 4.38. The van der Waals surface area contributed by atoms with Crippen LogP contribution in [0, 0.1) is 6.92 Å². The van der Waals surface area contributed by atoms with E-state index in [-0.39, 0.29) is 4.90 Å². The molecule has 5 nitrogen and oxygen atoms in total. The van der Waals surface area contributed by atoms with Crippen LogP contribution in [0.3, 0.4) is 0 Å². The van der Waals surface area contributed by atoms with Gasteiger partial charge in [0.25, 0.3) is 10.1 Å². The first-order valence-corrected chi connectivity index (χ1v) is 7.61. The number of fused-ring (bicyclic) bond motifs is 1. The van der Waals surface area contributed by atoms with Crippen molar-refractivity contribution >= 4 is 21.0 Å². The fourth-order valence-corrected chi connectivity index (χ4v) is 2.12. The molecule has 3 aromatic rings. The average Bonchev–Trinajstić information content (AvgIpc) is 2.47. The molecule has 2 aromatic carbocycles. The van der Waals surface area contributed by atoms with Gasteiger partial charge in [0.15, 0.2) is 0 Å². The predicted molar refractivity (Wildman–Crippen MR) is 80.5 cm³/mol. The van der Waals surface area contributed by atoms with E-state index in [1.54, 1.807) is 18.3 Å². The van der Waals surface area contributed by atoms with Crippen molar-refractivity contribution in [2.24, 2.45) is 0 Å². The Morgan fingerprint density at radius 1 is 0.952 bits per heavy atom. The van der Waals surface area contributed by atoms with Crippen molar-refractivity contribution in [2.45, 2.75) is 11.8 Å². The van der Waals surface area contributed by atoms with Crippen molar-refractivity contribution < 1.29 is 13.0 Å². The molecule has 0 unspecified atom stereocenters. The van der Waals surface area contributed by atoms with Crippen LogP contribution in [0.5, 0.6) is 0 Å². The van der Waals surface area contributed by atoms with Crippen LogP contribution in [-0.4, -0.2) is 23.2 Å². The average molecular weight is 302 g/mol. The maximum absolute atomic E-state index is 10.5. The van der Waals surface area contributed by atoms with Crippen LogP contribution < -0.4 is 0 Å². The van der Waals surface area contributed by atoms with Gasteiger partial charge in [-0.15, -0.1) is 0 Å². The molecule has 0 fully saturated rings. The summed E-state index contributed by atoms with van der Waals surface area (Å²) < 4.78 is 29.6. The highest BCUT2D eigenvalue weighted by Gasteiger charge is 2.06. The van der Waals surface area contributed by atoms with Gasteiger partial charge in [0, 0.05) is 5.39 Å². The van der Waals surface area contributed by atoms with Crippen LogP contribution in [-0.2, 0) is 10.1 Å². The standard InChI is InChI=1S/C8H6N2.C7H8O3S/c1-2-4-8-7(3-1)5-6-9-10-8;1-6-2-4-7(5-3-6)11(8,9)10/h1-6H;2-5H,1H3,(H,8,9,10). The summed E-state index contributed by atoms with van der Waals surface area (Å²) in [5.74, 6) is 0. The van der Waals surface area contributed by atoms with Crippen LogP contribution >= 0.6 is 0 Å². The third kappa shape index (κ3) is 4.34. The van der Waals surface area contributed by atoms with Gasteiger partial charge < -0.3 is 0 Å². The van der Waals surface area contributed by atoms with Crippen LogP contribution in [0.25, 0.3) is 10.9 Å². The van der Waals surface area contributed by atoms with Crippen molar-refractivity contribution in [2.75, 3.05) is 0 Å². The van der Waals surface area contributed by atoms with Gasteiger partial charge in [0.2, 0.25) is 0 Å². The number of aromatic nitrogens is 2. The maximum atomic E-state index is 10.5. The van der Waals surface area contributed by atoms with Crippen LogP contribution in [0.4, 0.5) is 0 Å². The van der Waals surface area contributed by atoms with E-state index in [1.165, 1.54) is 12.1 Å². The maximum Gasteiger partial charge on any atom is 0.294 e. The summed E-state index contributed by atoms with van der Waals surface area (Å²) in [6.07, 6.45) is 1.70. The van der Waals surface area contributed by atoms with E-state index in [1.807, 2.05) is 37.3 Å². The molecule has 1 heterocycles. The summed E-state index contributed by atoms with van der Waals surface area (Å²) in [6.45, 7) is 1.84. The SMILES string of the molecule is Cc1ccc(S(=O)(=O)O)cc1.c1ccc2nnccc2c1. The predicted octanol–water partition coefficient (Wildman–Crippen LogP) is 2.87. The second kappa shape index (κ2) is 6.43. The van der Waals surface area contributed by atoms with E-state index in [9.17, 15) is 8.42 Å². The first-order chi connectivity index (χ1) is 9.97. The largest absolute Gasteiger partial charge is 0.294 e. The third-order valence-corrected chi connectivity index (χ3v) is 3.61. The first-order valence-electron chi connectivity index (χ1n) is 6.17. The molecule has 0 aliphatic carbocycles. The molecule has 21 heavy (non-hydrogen) atoms. The minimum Gasteiger partial charge on any atom is -0.282 e. The second-order valence-corrected chi connectivity index (χ2v) is 5.80. The van der Waals surface area contributed by atoms with Gasteiger partial charge in [-0.1, -0.05) is 35.9 Å². The Labute approximate surface area is 123 Å². The van der Waals surface area contributed by atoms with E-state index in [2.05, 4.69) is 10.2 Å². The zero-order chi connectivity index (χ0) is 15.3. The summed E-state index contributed by atoms with van der Waals surface area (Å²) in [6, 6.07) is 15.8. The van der Waals surface area contributed by atoms with Crippen LogP contribution in [0.1, 0.15) is 5.56 Å². The molecule has 0 amide bonds. The minimum atomic E-state index is -4.02. The minimum absolute atomic E-state index is 0.0666. The Bertz CT molecular complexity index is 765. The number of hydrogen-bond donors (Lipinski definition) is 1. The molecule has 1 N–H and O–H groups in total. The molecule has 3 rings (SSSR count). The molecule has 0 saturated heterocycles. The molecule has 108 valence electrons. The van der Waals surface area contributed by atoms with Gasteiger partial charge in [-0.25, -0.2) is 0 Å². The molecule has 0 spiro atoms. The number of rotatable bonds is 1. The number of aryl methyl sites for hydroxylation is 1. The van der Waals surface area contributed by atoms with Crippen molar-refractivity contribution in [3.63, 3.8) is 0 Å². The highest BCUT2D eigenvalue weighted by Crippen LogP contribution is 2.08. The third-order valence-electron chi connectivity index (χ3n) is 2.74. The van der Waals surface area contributed by atoms with Crippen LogP contribution in [0.15, 0.2) is 65.7 Å². The lowest BCUT2D eigenvalue weighted by atomic mass is 10.2. The number of hydrogen-bond acceptors (Lipinski definition) is 4. The Morgan fingerprint density at radius 3 is 2.24 bits per heavy atom. The highest BCUT2D eigenvalue weighted by atomic mass is 32.2. The van der Waals surface area contributed by atoms with Gasteiger partial charge in [-0.3, -0.25) is 4.55 Å². The quantitative estimate of drug-likeness (QED) is 0.699. The molecular weight excluding hydrogens is 288 g/mol. The molecule has 6 heteroatoms. The lowest BCUT2D eigenvalue weighted by Crippen LogP contribution is -1.96.